The van der Waals surface area contributed by atoms with Crippen LogP contribution in [0.2, 0.25) is 0 Å². The number of aliphatic hydroxyl groups is 1. The molecular weight excluding hydrogens is 258 g/mol. The number of rotatable bonds is 5. The van der Waals surface area contributed by atoms with Crippen molar-refractivity contribution in [2.75, 3.05) is 11.9 Å². The highest BCUT2D eigenvalue weighted by atomic mass is 32.1. The third kappa shape index (κ3) is 2.92. The third-order valence-corrected chi connectivity index (χ3v) is 5.33. The van der Waals surface area contributed by atoms with Gasteiger partial charge in [-0.25, -0.2) is 4.98 Å². The molecule has 0 spiro atoms. The molecule has 3 rings (SSSR count). The average molecular weight is 281 g/mol. The van der Waals surface area contributed by atoms with Gasteiger partial charge in [0.05, 0.1) is 0 Å². The van der Waals surface area contributed by atoms with Crippen LogP contribution in [0.25, 0.3) is 0 Å². The van der Waals surface area contributed by atoms with Crippen LogP contribution in [0.4, 0.5) is 5.13 Å². The molecule has 5 heteroatoms. The maximum absolute atomic E-state index is 9.28. The third-order valence-electron chi connectivity index (χ3n) is 4.69. The lowest BCUT2D eigenvalue weighted by Gasteiger charge is -2.29. The zero-order valence-electron chi connectivity index (χ0n) is 11.4. The van der Waals surface area contributed by atoms with E-state index in [9.17, 15) is 5.11 Å². The zero-order valence-corrected chi connectivity index (χ0v) is 12.2. The molecule has 0 amide bonds. The van der Waals surface area contributed by atoms with Gasteiger partial charge in [0.1, 0.15) is 5.82 Å². The molecule has 0 radical (unpaired) electrons. The van der Waals surface area contributed by atoms with E-state index in [2.05, 4.69) is 9.69 Å². The molecule has 2 fully saturated rings. The Hall–Kier alpha value is -0.680. The summed E-state index contributed by atoms with van der Waals surface area (Å²) < 4.78 is 4.54. The molecule has 0 saturated heterocycles. The summed E-state index contributed by atoms with van der Waals surface area (Å²) in [7, 11) is 0. The van der Waals surface area contributed by atoms with E-state index in [1.165, 1.54) is 50.1 Å². The fourth-order valence-electron chi connectivity index (χ4n) is 3.57. The van der Waals surface area contributed by atoms with Crippen molar-refractivity contribution >= 4 is 16.7 Å². The molecule has 1 aromatic heterocycles. The van der Waals surface area contributed by atoms with E-state index in [4.69, 9.17) is 4.98 Å². The Morgan fingerprint density at radius 1 is 1.21 bits per heavy atom. The maximum atomic E-state index is 9.28. The van der Waals surface area contributed by atoms with Gasteiger partial charge < -0.3 is 10.4 Å². The normalized spacial score (nSPS) is 23.0. The molecular formula is C14H23N3OS. The van der Waals surface area contributed by atoms with E-state index in [0.29, 0.717) is 5.92 Å². The van der Waals surface area contributed by atoms with Crippen LogP contribution in [0.15, 0.2) is 0 Å². The van der Waals surface area contributed by atoms with E-state index in [0.717, 1.165) is 30.2 Å². The molecule has 0 atom stereocenters. The van der Waals surface area contributed by atoms with Crippen molar-refractivity contribution in [1.82, 2.24) is 9.36 Å². The van der Waals surface area contributed by atoms with Gasteiger partial charge in [-0.15, -0.1) is 0 Å². The number of nitrogens with one attached hydrogen (secondary N) is 1. The first-order valence-electron chi connectivity index (χ1n) is 7.54. The topological polar surface area (TPSA) is 58.0 Å². The Bertz CT molecular complexity index is 409. The number of anilines is 1. The number of hydrogen-bond donors (Lipinski definition) is 2. The smallest absolute Gasteiger partial charge is 0.203 e. The van der Waals surface area contributed by atoms with Gasteiger partial charge in [-0.05, 0) is 32.1 Å². The van der Waals surface area contributed by atoms with Crippen molar-refractivity contribution in [2.24, 2.45) is 0 Å². The quantitative estimate of drug-likeness (QED) is 0.869. The van der Waals surface area contributed by atoms with E-state index in [-0.39, 0.29) is 12.1 Å². The summed E-state index contributed by atoms with van der Waals surface area (Å²) in [4.78, 5) is 4.70. The lowest BCUT2D eigenvalue weighted by molar-refractivity contribution is 0.249. The van der Waals surface area contributed by atoms with Crippen molar-refractivity contribution in [1.29, 1.82) is 0 Å². The van der Waals surface area contributed by atoms with Crippen molar-refractivity contribution in [2.45, 2.75) is 69.2 Å². The van der Waals surface area contributed by atoms with E-state index in [1.807, 2.05) is 0 Å². The summed E-state index contributed by atoms with van der Waals surface area (Å²) in [5, 5.41) is 13.8. The van der Waals surface area contributed by atoms with Crippen molar-refractivity contribution in [3.05, 3.63) is 5.82 Å². The van der Waals surface area contributed by atoms with Crippen LogP contribution in [0.3, 0.4) is 0 Å². The zero-order chi connectivity index (χ0) is 13.1. The average Bonchev–Trinajstić information content (AvgIpc) is 3.10. The summed E-state index contributed by atoms with van der Waals surface area (Å²) in [6, 6.07) is 0. The van der Waals surface area contributed by atoms with Crippen LogP contribution in [-0.4, -0.2) is 26.6 Å². The molecule has 0 unspecified atom stereocenters. The second-order valence-corrected chi connectivity index (χ2v) is 6.78. The number of aliphatic hydroxyl groups excluding tert-OH is 1. The first-order valence-corrected chi connectivity index (χ1v) is 8.31. The number of nitrogens with zero attached hydrogens (tertiary/aromatic N) is 2. The second-order valence-electron chi connectivity index (χ2n) is 6.03. The van der Waals surface area contributed by atoms with Crippen LogP contribution in [0.1, 0.15) is 69.5 Å². The fourth-order valence-corrected chi connectivity index (χ4v) is 4.33. The fraction of sp³-hybridized carbons (Fsp3) is 0.857. The van der Waals surface area contributed by atoms with Gasteiger partial charge in [0.2, 0.25) is 5.13 Å². The van der Waals surface area contributed by atoms with Crippen LogP contribution in [-0.2, 0) is 0 Å². The molecule has 2 aliphatic carbocycles. The van der Waals surface area contributed by atoms with E-state index >= 15 is 0 Å². The molecule has 2 aliphatic rings. The van der Waals surface area contributed by atoms with Gasteiger partial charge in [0.25, 0.3) is 0 Å². The monoisotopic (exact) mass is 281 g/mol. The first-order chi connectivity index (χ1) is 9.31. The molecule has 2 saturated carbocycles. The van der Waals surface area contributed by atoms with Crippen LogP contribution in [0, 0.1) is 0 Å². The number of aromatic nitrogens is 2. The largest absolute Gasteiger partial charge is 0.396 e. The predicted molar refractivity (Wildman–Crippen MR) is 77.6 cm³/mol. The maximum Gasteiger partial charge on any atom is 0.203 e. The van der Waals surface area contributed by atoms with Gasteiger partial charge in [-0.1, -0.05) is 25.7 Å². The van der Waals surface area contributed by atoms with Crippen molar-refractivity contribution in [3.63, 3.8) is 0 Å². The molecule has 19 heavy (non-hydrogen) atoms. The predicted octanol–water partition coefficient (Wildman–Crippen LogP) is 3.30. The lowest BCUT2D eigenvalue weighted by Crippen LogP contribution is -2.36. The Balaban J connectivity index is 1.68. The lowest BCUT2D eigenvalue weighted by atomic mass is 9.94. The van der Waals surface area contributed by atoms with Gasteiger partial charge in [-0.3, -0.25) is 0 Å². The Morgan fingerprint density at radius 2 is 1.95 bits per heavy atom. The molecule has 0 aliphatic heterocycles. The van der Waals surface area contributed by atoms with Crippen LogP contribution >= 0.6 is 11.5 Å². The minimum atomic E-state index is 0.0707. The molecule has 0 aromatic carbocycles. The standard InChI is InChI=1S/C14H23N3OS/c18-10-9-14(7-3-4-8-14)16-13-15-12(17-19-13)11-5-1-2-6-11/h11,18H,1-10H2,(H,15,16,17). The molecule has 0 bridgehead atoms. The van der Waals surface area contributed by atoms with Gasteiger partial charge in [-0.2, -0.15) is 4.37 Å². The Morgan fingerprint density at radius 3 is 2.63 bits per heavy atom. The van der Waals surface area contributed by atoms with Gasteiger partial charge in [0, 0.05) is 29.6 Å². The summed E-state index contributed by atoms with van der Waals surface area (Å²) in [6.45, 7) is 0.251. The SMILES string of the molecule is OCCC1(Nc2nc(C3CCCC3)ns2)CCCC1. The highest BCUT2D eigenvalue weighted by Crippen LogP contribution is 2.38. The highest BCUT2D eigenvalue weighted by molar-refractivity contribution is 7.09. The summed E-state index contributed by atoms with van der Waals surface area (Å²) >= 11 is 1.49. The summed E-state index contributed by atoms with van der Waals surface area (Å²) in [5.41, 5.74) is 0.0707. The van der Waals surface area contributed by atoms with Crippen LogP contribution in [0.5, 0.6) is 0 Å². The Kier molecular flexibility index (Phi) is 4.03. The molecule has 4 nitrogen and oxygen atoms in total. The van der Waals surface area contributed by atoms with E-state index in [1.54, 1.807) is 0 Å². The van der Waals surface area contributed by atoms with Crippen molar-refractivity contribution in [3.8, 4) is 0 Å². The molecule has 1 heterocycles. The second kappa shape index (κ2) is 5.75. The van der Waals surface area contributed by atoms with Gasteiger partial charge in [0.15, 0.2) is 0 Å². The minimum absolute atomic E-state index is 0.0707. The molecule has 1 aromatic rings. The molecule has 2 N–H and O–H groups in total. The van der Waals surface area contributed by atoms with Crippen LogP contribution < -0.4 is 5.32 Å². The van der Waals surface area contributed by atoms with Crippen molar-refractivity contribution < 1.29 is 5.11 Å². The van der Waals surface area contributed by atoms with E-state index < -0.39 is 0 Å². The number of hydrogen-bond acceptors (Lipinski definition) is 5. The first kappa shape index (κ1) is 13.3. The molecule has 106 valence electrons. The summed E-state index contributed by atoms with van der Waals surface area (Å²) in [6.07, 6.45) is 10.8. The summed E-state index contributed by atoms with van der Waals surface area (Å²) in [5.74, 6) is 1.63. The minimum Gasteiger partial charge on any atom is -0.396 e. The highest BCUT2D eigenvalue weighted by Gasteiger charge is 2.34. The van der Waals surface area contributed by atoms with Gasteiger partial charge >= 0.3 is 0 Å². The Labute approximate surface area is 118 Å².